The minimum atomic E-state index is -4.68. The third-order valence-corrected chi connectivity index (χ3v) is 3.44. The van der Waals surface area contributed by atoms with Crippen LogP contribution in [-0.2, 0) is 4.74 Å². The van der Waals surface area contributed by atoms with Crippen LogP contribution in [0.4, 0.5) is 13.2 Å². The summed E-state index contributed by atoms with van der Waals surface area (Å²) >= 11 is 0. The van der Waals surface area contributed by atoms with Crippen molar-refractivity contribution in [1.82, 2.24) is 0 Å². The molecule has 0 spiro atoms. The second kappa shape index (κ2) is 5.74. The third-order valence-electron chi connectivity index (χ3n) is 3.44. The molecule has 3 atom stereocenters. The maximum Gasteiger partial charge on any atom is 0.422 e. The molecule has 1 aromatic rings. The molecular weight excluding hydrogens is 279 g/mol. The smallest absolute Gasteiger partial charge is 0.352 e. The van der Waals surface area contributed by atoms with E-state index in [9.17, 15) is 13.2 Å². The first-order valence-electron chi connectivity index (χ1n) is 6.46. The summed E-state index contributed by atoms with van der Waals surface area (Å²) in [4.78, 5) is 0. The molecule has 1 aliphatic carbocycles. The fourth-order valence-corrected chi connectivity index (χ4v) is 2.29. The monoisotopic (exact) mass is 293 g/mol. The highest BCUT2D eigenvalue weighted by molar-refractivity contribution is 5.30. The summed E-state index contributed by atoms with van der Waals surface area (Å²) in [6.07, 6.45) is -0.656. The van der Waals surface area contributed by atoms with Gasteiger partial charge < -0.3 is 4.74 Å². The van der Waals surface area contributed by atoms with Crippen molar-refractivity contribution in [3.8, 4) is 6.07 Å². The number of hydrogen-bond acceptors (Lipinski definition) is 2. The largest absolute Gasteiger partial charge is 0.422 e. The Morgan fingerprint density at radius 1 is 1.24 bits per heavy atom. The van der Waals surface area contributed by atoms with Gasteiger partial charge in [-0.2, -0.15) is 18.4 Å². The Hall–Kier alpha value is -2.06. The summed E-state index contributed by atoms with van der Waals surface area (Å²) in [5.74, 6) is -1.41. The Bertz CT molecular complexity index is 586. The maximum absolute atomic E-state index is 13.5. The Kier molecular flexibility index (Phi) is 4.19. The van der Waals surface area contributed by atoms with Crippen LogP contribution >= 0.6 is 0 Å². The number of nitrogens with zero attached hydrogens (tertiary/aromatic N) is 1. The minimum Gasteiger partial charge on any atom is -0.352 e. The highest BCUT2D eigenvalue weighted by atomic mass is 19.4. The topological polar surface area (TPSA) is 33.0 Å². The van der Waals surface area contributed by atoms with Gasteiger partial charge in [-0.15, -0.1) is 0 Å². The molecule has 2 rings (SSSR count). The summed E-state index contributed by atoms with van der Waals surface area (Å²) in [6, 6.07) is 10.3. The van der Waals surface area contributed by atoms with Crippen molar-refractivity contribution >= 4 is 0 Å². The first-order chi connectivity index (χ1) is 9.90. The zero-order chi connectivity index (χ0) is 15.5. The Morgan fingerprint density at radius 2 is 1.90 bits per heavy atom. The van der Waals surface area contributed by atoms with Crippen LogP contribution in [0.1, 0.15) is 18.6 Å². The molecule has 0 aromatic heterocycles. The summed E-state index contributed by atoms with van der Waals surface area (Å²) in [7, 11) is 0. The van der Waals surface area contributed by atoms with Crippen LogP contribution in [0.5, 0.6) is 0 Å². The van der Waals surface area contributed by atoms with Crippen molar-refractivity contribution in [2.24, 2.45) is 5.92 Å². The van der Waals surface area contributed by atoms with Crippen LogP contribution in [-0.4, -0.2) is 11.8 Å². The molecule has 1 aliphatic rings. The Balaban J connectivity index is 2.37. The predicted molar refractivity (Wildman–Crippen MR) is 72.1 cm³/mol. The van der Waals surface area contributed by atoms with Crippen molar-refractivity contribution in [2.75, 3.05) is 0 Å². The van der Waals surface area contributed by atoms with Gasteiger partial charge in [0.2, 0.25) is 5.60 Å². The van der Waals surface area contributed by atoms with Gasteiger partial charge in [0, 0.05) is 0 Å². The quantitative estimate of drug-likeness (QED) is 0.831. The summed E-state index contributed by atoms with van der Waals surface area (Å²) in [5, 5.41) is 9.06. The lowest BCUT2D eigenvalue weighted by Crippen LogP contribution is -2.52. The van der Waals surface area contributed by atoms with Gasteiger partial charge in [-0.25, -0.2) is 0 Å². The van der Waals surface area contributed by atoms with Gasteiger partial charge in [-0.1, -0.05) is 48.6 Å². The van der Waals surface area contributed by atoms with E-state index < -0.39 is 23.8 Å². The van der Waals surface area contributed by atoms with Crippen LogP contribution in [0.2, 0.25) is 0 Å². The average molecular weight is 293 g/mol. The molecule has 0 heterocycles. The van der Waals surface area contributed by atoms with Crippen molar-refractivity contribution < 1.29 is 17.9 Å². The van der Waals surface area contributed by atoms with E-state index in [0.29, 0.717) is 5.56 Å². The fourth-order valence-electron chi connectivity index (χ4n) is 2.29. The van der Waals surface area contributed by atoms with Crippen molar-refractivity contribution in [3.63, 3.8) is 0 Å². The van der Waals surface area contributed by atoms with Crippen LogP contribution in [0.25, 0.3) is 0 Å². The molecule has 0 N–H and O–H groups in total. The van der Waals surface area contributed by atoms with E-state index in [1.54, 1.807) is 43.3 Å². The number of nitriles is 1. The van der Waals surface area contributed by atoms with Crippen molar-refractivity contribution in [2.45, 2.75) is 24.8 Å². The summed E-state index contributed by atoms with van der Waals surface area (Å²) in [5.41, 5.74) is -1.99. The molecule has 0 amide bonds. The summed E-state index contributed by atoms with van der Waals surface area (Å²) < 4.78 is 46.0. The van der Waals surface area contributed by atoms with Crippen molar-refractivity contribution in [3.05, 3.63) is 60.2 Å². The molecule has 0 fully saturated rings. The second-order valence-corrected chi connectivity index (χ2v) is 4.81. The first-order valence-corrected chi connectivity index (χ1v) is 6.46. The van der Waals surface area contributed by atoms with E-state index in [1.807, 2.05) is 0 Å². The molecule has 5 heteroatoms. The van der Waals surface area contributed by atoms with Crippen LogP contribution < -0.4 is 0 Å². The van der Waals surface area contributed by atoms with E-state index in [-0.39, 0.29) is 0 Å². The van der Waals surface area contributed by atoms with Gasteiger partial charge >= 0.3 is 6.18 Å². The molecule has 0 saturated carbocycles. The zero-order valence-corrected chi connectivity index (χ0v) is 11.3. The number of rotatable bonds is 3. The van der Waals surface area contributed by atoms with Crippen LogP contribution in [0.15, 0.2) is 54.6 Å². The number of benzene rings is 1. The second-order valence-electron chi connectivity index (χ2n) is 4.81. The van der Waals surface area contributed by atoms with Gasteiger partial charge in [-0.3, -0.25) is 0 Å². The molecule has 21 heavy (non-hydrogen) atoms. The van der Waals surface area contributed by atoms with Gasteiger partial charge in [0.1, 0.15) is 5.92 Å². The molecule has 1 aromatic carbocycles. The number of alkyl halides is 3. The molecule has 2 nitrogen and oxygen atoms in total. The van der Waals surface area contributed by atoms with Crippen LogP contribution in [0.3, 0.4) is 0 Å². The van der Waals surface area contributed by atoms with E-state index in [4.69, 9.17) is 10.00 Å². The Labute approximate surface area is 121 Å². The highest BCUT2D eigenvalue weighted by Gasteiger charge is 2.60. The zero-order valence-electron chi connectivity index (χ0n) is 11.3. The minimum absolute atomic E-state index is 0.626. The fraction of sp³-hybridized carbons (Fsp3) is 0.312. The molecular formula is C16H14F3NO. The van der Waals surface area contributed by atoms with E-state index in [0.717, 1.165) is 6.08 Å². The molecule has 0 bridgehead atoms. The molecule has 0 aliphatic heterocycles. The van der Waals surface area contributed by atoms with Crippen molar-refractivity contribution in [1.29, 1.82) is 5.26 Å². The maximum atomic E-state index is 13.5. The number of hydrogen-bond donors (Lipinski definition) is 0. The number of ether oxygens (including phenoxy) is 1. The first kappa shape index (κ1) is 15.3. The molecule has 0 saturated heterocycles. The summed E-state index contributed by atoms with van der Waals surface area (Å²) in [6.45, 7) is 1.55. The van der Waals surface area contributed by atoms with E-state index in [2.05, 4.69) is 0 Å². The lowest BCUT2D eigenvalue weighted by molar-refractivity contribution is -0.278. The average Bonchev–Trinajstić information content (AvgIpc) is 2.47. The molecule has 0 radical (unpaired) electrons. The van der Waals surface area contributed by atoms with Gasteiger partial charge in [-0.05, 0) is 18.6 Å². The van der Waals surface area contributed by atoms with Gasteiger partial charge in [0.15, 0.2) is 0 Å². The number of allylic oxidation sites excluding steroid dienone is 2. The standard InChI is InChI=1S/C16H14F3NO/c1-12(13-7-3-2-4-8-13)21-15(16(17,18)19)10-6-5-9-14(15)11-20/h2-10,12,14H,1H3. The lowest BCUT2D eigenvalue weighted by Gasteiger charge is -2.38. The highest BCUT2D eigenvalue weighted by Crippen LogP contribution is 2.45. The molecule has 110 valence electrons. The normalized spacial score (nSPS) is 26.3. The number of halogens is 3. The molecule has 3 unspecified atom stereocenters. The van der Waals surface area contributed by atoms with Gasteiger partial charge in [0.05, 0.1) is 12.2 Å². The van der Waals surface area contributed by atoms with Gasteiger partial charge in [0.25, 0.3) is 0 Å². The Morgan fingerprint density at radius 3 is 2.48 bits per heavy atom. The van der Waals surface area contributed by atoms with E-state index in [1.165, 1.54) is 18.2 Å². The SMILES string of the molecule is CC(OC1(C(F)(F)F)C=CC=CC1C#N)c1ccccc1. The van der Waals surface area contributed by atoms with E-state index >= 15 is 0 Å². The third kappa shape index (κ3) is 2.86. The van der Waals surface area contributed by atoms with Crippen LogP contribution in [0, 0.1) is 17.2 Å². The predicted octanol–water partition coefficient (Wildman–Crippen LogP) is 4.33. The lowest BCUT2D eigenvalue weighted by atomic mass is 9.83.